The number of ether oxygens (including phenoxy) is 1. The molecule has 3 aromatic rings. The van der Waals surface area contributed by atoms with Crippen molar-refractivity contribution in [2.45, 2.75) is 58.8 Å². The first-order chi connectivity index (χ1) is 17.3. The van der Waals surface area contributed by atoms with E-state index in [0.29, 0.717) is 43.5 Å². The highest BCUT2D eigenvalue weighted by Gasteiger charge is 2.40. The van der Waals surface area contributed by atoms with E-state index in [0.717, 1.165) is 40.1 Å². The van der Waals surface area contributed by atoms with E-state index in [9.17, 15) is 18.0 Å². The van der Waals surface area contributed by atoms with Gasteiger partial charge in [0.05, 0.1) is 24.1 Å². The zero-order valence-corrected chi connectivity index (χ0v) is 20.9. The number of aryl methyl sites for hydroxylation is 1. The molecular formula is C22H27F3N8O2S. The summed E-state index contributed by atoms with van der Waals surface area (Å²) in [7, 11) is 0. The van der Waals surface area contributed by atoms with Crippen LogP contribution in [0, 0.1) is 5.92 Å². The number of aromatic nitrogens is 6. The van der Waals surface area contributed by atoms with Crippen molar-refractivity contribution in [3.63, 3.8) is 0 Å². The van der Waals surface area contributed by atoms with Crippen LogP contribution in [0.2, 0.25) is 0 Å². The van der Waals surface area contributed by atoms with Crippen LogP contribution >= 0.6 is 11.3 Å². The van der Waals surface area contributed by atoms with Crippen molar-refractivity contribution in [1.29, 1.82) is 0 Å². The first kappa shape index (κ1) is 24.7. The summed E-state index contributed by atoms with van der Waals surface area (Å²) in [6.07, 6.45) is -1.29. The maximum absolute atomic E-state index is 13.3. The van der Waals surface area contributed by atoms with Crippen LogP contribution in [-0.4, -0.2) is 61.9 Å². The molecule has 2 aliphatic rings. The number of thiazole rings is 1. The first-order valence-electron chi connectivity index (χ1n) is 12.1. The van der Waals surface area contributed by atoms with Gasteiger partial charge in [0.25, 0.3) is 0 Å². The molecule has 0 spiro atoms. The Bertz CT molecular complexity index is 1260. The van der Waals surface area contributed by atoms with Crippen LogP contribution in [0.4, 0.5) is 24.9 Å². The van der Waals surface area contributed by atoms with Gasteiger partial charge in [-0.05, 0) is 32.6 Å². The lowest BCUT2D eigenvalue weighted by Crippen LogP contribution is -2.41. The Morgan fingerprint density at radius 2 is 1.94 bits per heavy atom. The predicted molar refractivity (Wildman–Crippen MR) is 127 cm³/mol. The second-order valence-corrected chi connectivity index (χ2v) is 9.97. The zero-order chi connectivity index (χ0) is 25.4. The molecule has 5 heterocycles. The minimum absolute atomic E-state index is 0.0820. The Balaban J connectivity index is 1.50. The van der Waals surface area contributed by atoms with E-state index in [2.05, 4.69) is 17.1 Å². The molecule has 0 bridgehead atoms. The number of anilines is 2. The molecule has 14 heteroatoms. The van der Waals surface area contributed by atoms with Crippen LogP contribution in [0.3, 0.4) is 0 Å². The fourth-order valence-corrected chi connectivity index (χ4v) is 5.71. The highest BCUT2D eigenvalue weighted by molar-refractivity contribution is 7.18. The number of hydrogen-bond donors (Lipinski definition) is 0. The maximum Gasteiger partial charge on any atom is 0.451 e. The van der Waals surface area contributed by atoms with Gasteiger partial charge in [0.1, 0.15) is 5.52 Å². The third-order valence-electron chi connectivity index (χ3n) is 6.37. The first-order valence-corrected chi connectivity index (χ1v) is 12.9. The largest absolute Gasteiger partial charge is 0.466 e. The molecule has 0 amide bonds. The van der Waals surface area contributed by atoms with Crippen molar-refractivity contribution in [3.05, 3.63) is 16.7 Å². The fourth-order valence-electron chi connectivity index (χ4n) is 4.68. The van der Waals surface area contributed by atoms with Crippen LogP contribution in [0.15, 0.2) is 0 Å². The zero-order valence-electron chi connectivity index (χ0n) is 20.1. The van der Waals surface area contributed by atoms with E-state index in [1.165, 1.54) is 11.3 Å². The van der Waals surface area contributed by atoms with E-state index >= 15 is 0 Å². The number of nitrogens with zero attached hydrogens (tertiary/aromatic N) is 8. The summed E-state index contributed by atoms with van der Waals surface area (Å²) in [6, 6.07) is 0. The lowest BCUT2D eigenvalue weighted by Gasteiger charge is -2.33. The van der Waals surface area contributed by atoms with Gasteiger partial charge < -0.3 is 19.1 Å². The summed E-state index contributed by atoms with van der Waals surface area (Å²) in [5.41, 5.74) is 0.634. The van der Waals surface area contributed by atoms with Gasteiger partial charge in [0.2, 0.25) is 11.8 Å². The molecule has 0 unspecified atom stereocenters. The van der Waals surface area contributed by atoms with Crippen LogP contribution in [0.1, 0.15) is 49.8 Å². The Morgan fingerprint density at radius 3 is 2.69 bits per heavy atom. The fraction of sp³-hybridized carbons (Fsp3) is 0.636. The topological polar surface area (TPSA) is 102 Å². The number of piperidine rings is 1. The SMILES string of the molecule is CCCc1nc2c(N3CCn4c(nnc4C(F)(F)F)C3)nc(N3CCC[C@H](C(=O)OCC)C3)nc2s1. The molecule has 1 fully saturated rings. The highest BCUT2D eigenvalue weighted by Crippen LogP contribution is 2.35. The van der Waals surface area contributed by atoms with E-state index in [1.807, 2.05) is 9.80 Å². The average molecular weight is 525 g/mol. The molecule has 1 atom stereocenters. The van der Waals surface area contributed by atoms with Gasteiger partial charge in [-0.1, -0.05) is 18.3 Å². The monoisotopic (exact) mass is 524 g/mol. The molecule has 10 nitrogen and oxygen atoms in total. The second kappa shape index (κ2) is 9.79. The van der Waals surface area contributed by atoms with Crippen molar-refractivity contribution in [3.8, 4) is 0 Å². The van der Waals surface area contributed by atoms with Crippen molar-refractivity contribution in [2.75, 3.05) is 36.0 Å². The van der Waals surface area contributed by atoms with E-state index < -0.39 is 12.0 Å². The molecular weight excluding hydrogens is 497 g/mol. The van der Waals surface area contributed by atoms with E-state index in [4.69, 9.17) is 19.7 Å². The number of rotatable bonds is 6. The van der Waals surface area contributed by atoms with Crippen LogP contribution in [0.25, 0.3) is 10.3 Å². The van der Waals surface area contributed by atoms with Crippen molar-refractivity contribution in [1.82, 2.24) is 29.7 Å². The third-order valence-corrected chi connectivity index (χ3v) is 7.38. The molecule has 5 rings (SSSR count). The number of carbonyl (C=O) groups excluding carboxylic acids is 1. The molecule has 0 aromatic carbocycles. The van der Waals surface area contributed by atoms with E-state index in [1.54, 1.807) is 6.92 Å². The average Bonchev–Trinajstić information content (AvgIpc) is 3.47. The van der Waals surface area contributed by atoms with Crippen molar-refractivity contribution >= 4 is 39.4 Å². The molecule has 194 valence electrons. The van der Waals surface area contributed by atoms with E-state index in [-0.39, 0.29) is 30.8 Å². The summed E-state index contributed by atoms with van der Waals surface area (Å²) in [5.74, 6) is -0.180. The third kappa shape index (κ3) is 4.70. The van der Waals surface area contributed by atoms with Crippen LogP contribution in [0.5, 0.6) is 0 Å². The Hall–Kier alpha value is -3.03. The number of hydrogen-bond acceptors (Lipinski definition) is 10. The Morgan fingerprint density at radius 1 is 1.11 bits per heavy atom. The van der Waals surface area contributed by atoms with Crippen LogP contribution in [-0.2, 0) is 35.2 Å². The summed E-state index contributed by atoms with van der Waals surface area (Å²) < 4.78 is 46.3. The molecule has 1 saturated heterocycles. The number of alkyl halides is 3. The van der Waals surface area contributed by atoms with Gasteiger partial charge in [-0.15, -0.1) is 10.2 Å². The maximum atomic E-state index is 13.3. The molecule has 2 aliphatic heterocycles. The van der Waals surface area contributed by atoms with Crippen molar-refractivity contribution < 1.29 is 22.7 Å². The van der Waals surface area contributed by atoms with Crippen LogP contribution < -0.4 is 9.80 Å². The molecule has 0 saturated carbocycles. The van der Waals surface area contributed by atoms with Gasteiger partial charge in [0.15, 0.2) is 16.5 Å². The molecule has 0 aliphatic carbocycles. The lowest BCUT2D eigenvalue weighted by atomic mass is 9.98. The van der Waals surface area contributed by atoms with Gasteiger partial charge in [0, 0.05) is 26.2 Å². The highest BCUT2D eigenvalue weighted by atomic mass is 32.1. The minimum atomic E-state index is -4.56. The number of halogens is 3. The quantitative estimate of drug-likeness (QED) is 0.449. The van der Waals surface area contributed by atoms with Gasteiger partial charge >= 0.3 is 12.1 Å². The summed E-state index contributed by atoms with van der Waals surface area (Å²) in [5, 5.41) is 8.12. The summed E-state index contributed by atoms with van der Waals surface area (Å²) in [4.78, 5) is 31.4. The Kier molecular flexibility index (Phi) is 6.70. The molecule has 36 heavy (non-hydrogen) atoms. The predicted octanol–water partition coefficient (Wildman–Crippen LogP) is 3.45. The van der Waals surface area contributed by atoms with Crippen molar-refractivity contribution in [2.24, 2.45) is 5.92 Å². The molecule has 0 radical (unpaired) electrons. The number of carbonyl (C=O) groups is 1. The standard InChI is InChI=1S/C22H27F3N8O2S/c1-3-6-15-26-16-17(31-9-10-33-14(12-31)29-30-20(33)22(23,24)25)27-21(28-18(16)36-15)32-8-5-7-13(11-32)19(34)35-4-2/h13H,3-12H2,1-2H3/t13-/m0/s1. The minimum Gasteiger partial charge on any atom is -0.466 e. The molecule has 3 aromatic heterocycles. The normalized spacial score (nSPS) is 18.5. The van der Waals surface area contributed by atoms with Gasteiger partial charge in [-0.3, -0.25) is 4.79 Å². The van der Waals surface area contributed by atoms with Gasteiger partial charge in [-0.25, -0.2) is 4.98 Å². The lowest BCUT2D eigenvalue weighted by molar-refractivity contribution is -0.148. The summed E-state index contributed by atoms with van der Waals surface area (Å²) >= 11 is 1.50. The Labute approximate surface area is 209 Å². The molecule has 0 N–H and O–H groups in total. The smallest absolute Gasteiger partial charge is 0.451 e. The second-order valence-electron chi connectivity index (χ2n) is 8.91. The number of fused-ring (bicyclic) bond motifs is 2. The number of esters is 1. The summed E-state index contributed by atoms with van der Waals surface area (Å²) in [6.45, 7) is 5.85. The van der Waals surface area contributed by atoms with Gasteiger partial charge in [-0.2, -0.15) is 23.1 Å².